The number of hydrogen-bond donors (Lipinski definition) is 1. The van der Waals surface area contributed by atoms with Crippen molar-refractivity contribution in [2.24, 2.45) is 5.14 Å². The smallest absolute Gasteiger partial charge is 0.338 e. The lowest BCUT2D eigenvalue weighted by atomic mass is 10.2. The molecule has 0 aliphatic rings. The number of ether oxygens (including phenoxy) is 3. The molecule has 1 aromatic rings. The van der Waals surface area contributed by atoms with Gasteiger partial charge in [0.25, 0.3) is 0 Å². The number of rotatable bonds is 7. The lowest BCUT2D eigenvalue weighted by Gasteiger charge is -2.10. The standard InChI is InChI=1S/C12H16FNO6S/c1-18-4-3-5-20-12(15)8-6-9(13)11(19-2)10(7-8)21(14,16)17/h6-7H,3-5H2,1-2H3,(H2,14,16,17). The minimum absolute atomic E-state index is 0.0605. The molecule has 0 radical (unpaired) electrons. The summed E-state index contributed by atoms with van der Waals surface area (Å²) in [4.78, 5) is 11.1. The Labute approximate surface area is 121 Å². The fourth-order valence-electron chi connectivity index (χ4n) is 1.55. The van der Waals surface area contributed by atoms with E-state index >= 15 is 0 Å². The number of benzene rings is 1. The number of sulfonamides is 1. The Bertz CT molecular complexity index is 616. The molecule has 9 heteroatoms. The molecule has 0 aromatic heterocycles. The van der Waals surface area contributed by atoms with Gasteiger partial charge >= 0.3 is 5.97 Å². The van der Waals surface area contributed by atoms with Gasteiger partial charge in [-0.1, -0.05) is 0 Å². The van der Waals surface area contributed by atoms with Crippen LogP contribution in [0.15, 0.2) is 17.0 Å². The predicted molar refractivity (Wildman–Crippen MR) is 71.1 cm³/mol. The first-order valence-electron chi connectivity index (χ1n) is 5.87. The Hall–Kier alpha value is -1.71. The summed E-state index contributed by atoms with van der Waals surface area (Å²) in [5.74, 6) is -2.43. The number of nitrogens with two attached hydrogens (primary N) is 1. The third-order valence-corrected chi connectivity index (χ3v) is 3.40. The van der Waals surface area contributed by atoms with Crippen molar-refractivity contribution in [1.29, 1.82) is 0 Å². The summed E-state index contributed by atoms with van der Waals surface area (Å²) >= 11 is 0. The molecule has 0 aliphatic carbocycles. The zero-order valence-corrected chi connectivity index (χ0v) is 12.4. The average Bonchev–Trinajstić information content (AvgIpc) is 2.41. The molecular weight excluding hydrogens is 305 g/mol. The second-order valence-corrected chi connectivity index (χ2v) is 5.55. The largest absolute Gasteiger partial charge is 0.492 e. The van der Waals surface area contributed by atoms with Gasteiger partial charge in [-0.15, -0.1) is 0 Å². The number of primary sulfonamides is 1. The van der Waals surface area contributed by atoms with Crippen molar-refractivity contribution in [2.45, 2.75) is 11.3 Å². The Morgan fingerprint density at radius 3 is 2.48 bits per heavy atom. The van der Waals surface area contributed by atoms with Gasteiger partial charge in [0.15, 0.2) is 11.6 Å². The molecule has 0 atom stereocenters. The maximum Gasteiger partial charge on any atom is 0.338 e. The van der Waals surface area contributed by atoms with Crippen LogP contribution in [0.5, 0.6) is 5.75 Å². The molecule has 0 saturated carbocycles. The van der Waals surface area contributed by atoms with E-state index in [4.69, 9.17) is 14.6 Å². The number of halogens is 1. The monoisotopic (exact) mass is 321 g/mol. The molecule has 1 rings (SSSR count). The minimum atomic E-state index is -4.25. The first-order valence-corrected chi connectivity index (χ1v) is 7.42. The molecule has 21 heavy (non-hydrogen) atoms. The Morgan fingerprint density at radius 1 is 1.29 bits per heavy atom. The molecule has 0 unspecified atom stereocenters. The SMILES string of the molecule is COCCCOC(=O)c1cc(F)c(OC)c(S(N)(=O)=O)c1. The molecular formula is C12H16FNO6S. The van der Waals surface area contributed by atoms with Gasteiger partial charge < -0.3 is 14.2 Å². The molecule has 0 amide bonds. The van der Waals surface area contributed by atoms with Gasteiger partial charge in [0.1, 0.15) is 4.90 Å². The second kappa shape index (κ2) is 7.34. The highest BCUT2D eigenvalue weighted by atomic mass is 32.2. The highest BCUT2D eigenvalue weighted by Gasteiger charge is 2.23. The number of methoxy groups -OCH3 is 2. The predicted octanol–water partition coefficient (Wildman–Crippen LogP) is 0.675. The third-order valence-electron chi connectivity index (χ3n) is 2.48. The summed E-state index contributed by atoms with van der Waals surface area (Å²) < 4.78 is 50.9. The summed E-state index contributed by atoms with van der Waals surface area (Å²) in [5.41, 5.74) is -0.269. The van der Waals surface area contributed by atoms with Crippen LogP contribution in [-0.2, 0) is 19.5 Å². The van der Waals surface area contributed by atoms with Crippen molar-refractivity contribution in [2.75, 3.05) is 27.4 Å². The molecule has 0 saturated heterocycles. The van der Waals surface area contributed by atoms with Crippen LogP contribution in [0.25, 0.3) is 0 Å². The van der Waals surface area contributed by atoms with Crippen LogP contribution in [0.1, 0.15) is 16.8 Å². The van der Waals surface area contributed by atoms with Gasteiger partial charge in [0.05, 0.1) is 19.3 Å². The number of hydrogen-bond acceptors (Lipinski definition) is 6. The van der Waals surface area contributed by atoms with Gasteiger partial charge in [-0.2, -0.15) is 0 Å². The fraction of sp³-hybridized carbons (Fsp3) is 0.417. The van der Waals surface area contributed by atoms with Crippen LogP contribution in [0.2, 0.25) is 0 Å². The van der Waals surface area contributed by atoms with Crippen molar-refractivity contribution in [3.8, 4) is 5.75 Å². The lowest BCUT2D eigenvalue weighted by molar-refractivity contribution is 0.0467. The maximum atomic E-state index is 13.8. The fourth-order valence-corrected chi connectivity index (χ4v) is 2.28. The van der Waals surface area contributed by atoms with Crippen LogP contribution in [0.4, 0.5) is 4.39 Å². The summed E-state index contributed by atoms with van der Waals surface area (Å²) in [5, 5.41) is 4.97. The van der Waals surface area contributed by atoms with E-state index in [1.165, 1.54) is 7.11 Å². The maximum absolute atomic E-state index is 13.8. The Morgan fingerprint density at radius 2 is 1.95 bits per heavy atom. The molecule has 0 bridgehead atoms. The molecule has 2 N–H and O–H groups in total. The average molecular weight is 321 g/mol. The molecule has 0 fully saturated rings. The highest BCUT2D eigenvalue weighted by molar-refractivity contribution is 7.89. The van der Waals surface area contributed by atoms with E-state index in [0.717, 1.165) is 19.2 Å². The second-order valence-electron chi connectivity index (χ2n) is 4.02. The molecule has 0 heterocycles. The normalized spacial score (nSPS) is 11.2. The minimum Gasteiger partial charge on any atom is -0.492 e. The third kappa shape index (κ3) is 4.66. The van der Waals surface area contributed by atoms with Crippen LogP contribution in [-0.4, -0.2) is 41.8 Å². The summed E-state index contributed by atoms with van der Waals surface area (Å²) in [7, 11) is -1.65. The van der Waals surface area contributed by atoms with Crippen molar-refractivity contribution in [3.05, 3.63) is 23.5 Å². The van der Waals surface area contributed by atoms with Crippen molar-refractivity contribution in [1.82, 2.24) is 0 Å². The van der Waals surface area contributed by atoms with Gasteiger partial charge in [-0.25, -0.2) is 22.7 Å². The summed E-state index contributed by atoms with van der Waals surface area (Å²) in [6.07, 6.45) is 0.461. The van der Waals surface area contributed by atoms with E-state index < -0.39 is 32.5 Å². The molecule has 1 aromatic carbocycles. The van der Waals surface area contributed by atoms with Gasteiger partial charge in [0, 0.05) is 20.1 Å². The summed E-state index contributed by atoms with van der Waals surface area (Å²) in [6.45, 7) is 0.456. The lowest BCUT2D eigenvalue weighted by Crippen LogP contribution is -2.16. The van der Waals surface area contributed by atoms with Crippen LogP contribution >= 0.6 is 0 Å². The van der Waals surface area contributed by atoms with E-state index in [1.54, 1.807) is 0 Å². The van der Waals surface area contributed by atoms with Crippen LogP contribution in [0.3, 0.4) is 0 Å². The van der Waals surface area contributed by atoms with Crippen molar-refractivity contribution >= 4 is 16.0 Å². The highest BCUT2D eigenvalue weighted by Crippen LogP contribution is 2.28. The van der Waals surface area contributed by atoms with E-state index in [-0.39, 0.29) is 12.2 Å². The molecule has 118 valence electrons. The van der Waals surface area contributed by atoms with Gasteiger partial charge in [0.2, 0.25) is 10.0 Å². The molecule has 7 nitrogen and oxygen atoms in total. The van der Waals surface area contributed by atoms with E-state index in [1.807, 2.05) is 0 Å². The van der Waals surface area contributed by atoms with Gasteiger partial charge in [-0.3, -0.25) is 0 Å². The zero-order valence-electron chi connectivity index (χ0n) is 11.6. The van der Waals surface area contributed by atoms with Crippen molar-refractivity contribution < 1.29 is 31.8 Å². The zero-order chi connectivity index (χ0) is 16.0. The Balaban J connectivity index is 3.04. The molecule has 0 spiro atoms. The van der Waals surface area contributed by atoms with Crippen LogP contribution in [0, 0.1) is 5.82 Å². The van der Waals surface area contributed by atoms with Gasteiger partial charge in [-0.05, 0) is 12.1 Å². The van der Waals surface area contributed by atoms with E-state index in [9.17, 15) is 17.6 Å². The van der Waals surface area contributed by atoms with Crippen LogP contribution < -0.4 is 9.88 Å². The number of carbonyl (C=O) groups is 1. The first-order chi connectivity index (χ1) is 9.81. The quantitative estimate of drug-likeness (QED) is 0.585. The summed E-state index contributed by atoms with van der Waals surface area (Å²) in [6, 6.07) is 1.74. The Kier molecular flexibility index (Phi) is 6.06. The number of carbonyl (C=O) groups excluding carboxylic acids is 1. The first kappa shape index (κ1) is 17.3. The van der Waals surface area contributed by atoms with E-state index in [0.29, 0.717) is 13.0 Å². The van der Waals surface area contributed by atoms with Crippen molar-refractivity contribution in [3.63, 3.8) is 0 Å². The van der Waals surface area contributed by atoms with E-state index in [2.05, 4.69) is 4.74 Å². The molecule has 0 aliphatic heterocycles. The topological polar surface area (TPSA) is 105 Å². The number of esters is 1.